The molecule has 0 saturated carbocycles. The van der Waals surface area contributed by atoms with Crippen LogP contribution in [0.3, 0.4) is 0 Å². The number of carbonyl (C=O) groups is 1. The first-order chi connectivity index (χ1) is 9.00. The number of halogens is 1. The van der Waals surface area contributed by atoms with Gasteiger partial charge in [0, 0.05) is 15.5 Å². The van der Waals surface area contributed by atoms with E-state index in [-0.39, 0.29) is 5.78 Å². The minimum absolute atomic E-state index is 0.184. The van der Waals surface area contributed by atoms with Crippen molar-refractivity contribution in [1.29, 1.82) is 0 Å². The van der Waals surface area contributed by atoms with Crippen molar-refractivity contribution in [2.24, 2.45) is 5.41 Å². The average Bonchev–Trinajstić information content (AvgIpc) is 2.41. The molecular weight excluding hydrogens is 300 g/mol. The average molecular weight is 317 g/mol. The summed E-state index contributed by atoms with van der Waals surface area (Å²) in [7, 11) is 0. The zero-order valence-corrected chi connectivity index (χ0v) is 12.8. The zero-order chi connectivity index (χ0) is 13.9. The molecule has 0 N–H and O–H groups in total. The van der Waals surface area contributed by atoms with E-state index >= 15 is 0 Å². The van der Waals surface area contributed by atoms with E-state index in [1.54, 1.807) is 0 Å². The Kier molecular flexibility index (Phi) is 4.20. The van der Waals surface area contributed by atoms with E-state index in [1.807, 2.05) is 62.4 Å². The van der Waals surface area contributed by atoms with Gasteiger partial charge in [-0.15, -0.1) is 0 Å². The van der Waals surface area contributed by atoms with Gasteiger partial charge >= 0.3 is 0 Å². The molecule has 0 heterocycles. The lowest BCUT2D eigenvalue weighted by Gasteiger charge is -2.24. The van der Waals surface area contributed by atoms with Gasteiger partial charge in [-0.05, 0) is 18.1 Å². The summed E-state index contributed by atoms with van der Waals surface area (Å²) in [4.78, 5) is 12.6. The Morgan fingerprint density at radius 2 is 1.58 bits per heavy atom. The van der Waals surface area contributed by atoms with Crippen molar-refractivity contribution >= 4 is 21.7 Å². The summed E-state index contributed by atoms with van der Waals surface area (Å²) < 4.78 is 1.06. The molecule has 0 aliphatic carbocycles. The predicted molar refractivity (Wildman–Crippen MR) is 82.4 cm³/mol. The number of benzene rings is 2. The van der Waals surface area contributed by atoms with Crippen LogP contribution in [0.1, 0.15) is 29.8 Å². The molecule has 0 unspecified atom stereocenters. The standard InChI is InChI=1S/C17H17BrO/c1-17(2,12-14-10-6-7-11-15(14)18)16(19)13-8-4-3-5-9-13/h3-11H,12H2,1-2H3. The van der Waals surface area contributed by atoms with Crippen LogP contribution in [-0.2, 0) is 6.42 Å². The molecule has 2 rings (SSSR count). The summed E-state index contributed by atoms with van der Waals surface area (Å²) in [5, 5.41) is 0. The lowest BCUT2D eigenvalue weighted by molar-refractivity contribution is 0.0837. The van der Waals surface area contributed by atoms with Crippen LogP contribution >= 0.6 is 15.9 Å². The molecule has 2 aromatic carbocycles. The maximum atomic E-state index is 12.6. The smallest absolute Gasteiger partial charge is 0.168 e. The molecule has 0 aliphatic heterocycles. The summed E-state index contributed by atoms with van der Waals surface area (Å²) in [5.41, 5.74) is 1.53. The number of Topliss-reactive ketones (excluding diaryl/α,β-unsaturated/α-hetero) is 1. The first kappa shape index (κ1) is 14.0. The molecule has 98 valence electrons. The Balaban J connectivity index is 2.24. The molecule has 0 saturated heterocycles. The van der Waals surface area contributed by atoms with Crippen molar-refractivity contribution in [1.82, 2.24) is 0 Å². The van der Waals surface area contributed by atoms with Gasteiger partial charge < -0.3 is 0 Å². The monoisotopic (exact) mass is 316 g/mol. The highest BCUT2D eigenvalue weighted by Gasteiger charge is 2.29. The second-order valence-electron chi connectivity index (χ2n) is 5.35. The van der Waals surface area contributed by atoms with E-state index in [2.05, 4.69) is 22.0 Å². The van der Waals surface area contributed by atoms with Crippen LogP contribution in [0.15, 0.2) is 59.1 Å². The normalized spacial score (nSPS) is 11.3. The van der Waals surface area contributed by atoms with Crippen molar-refractivity contribution < 1.29 is 4.79 Å². The SMILES string of the molecule is CC(C)(Cc1ccccc1Br)C(=O)c1ccccc1. The van der Waals surface area contributed by atoms with E-state index in [4.69, 9.17) is 0 Å². The molecule has 0 aromatic heterocycles. The molecule has 0 amide bonds. The second-order valence-corrected chi connectivity index (χ2v) is 6.20. The van der Waals surface area contributed by atoms with Crippen molar-refractivity contribution in [3.63, 3.8) is 0 Å². The van der Waals surface area contributed by atoms with Crippen molar-refractivity contribution in [2.75, 3.05) is 0 Å². The first-order valence-electron chi connectivity index (χ1n) is 6.34. The third-order valence-electron chi connectivity index (χ3n) is 3.24. The number of hydrogen-bond acceptors (Lipinski definition) is 1. The molecule has 0 bridgehead atoms. The number of carbonyl (C=O) groups excluding carboxylic acids is 1. The summed E-state index contributed by atoms with van der Waals surface area (Å²) in [6.45, 7) is 4.00. The van der Waals surface area contributed by atoms with E-state index in [0.717, 1.165) is 22.0 Å². The largest absolute Gasteiger partial charge is 0.294 e. The van der Waals surface area contributed by atoms with Gasteiger partial charge in [-0.2, -0.15) is 0 Å². The maximum Gasteiger partial charge on any atom is 0.168 e. The van der Waals surface area contributed by atoms with Crippen molar-refractivity contribution in [2.45, 2.75) is 20.3 Å². The Bertz CT molecular complexity index is 573. The molecular formula is C17H17BrO. The fourth-order valence-electron chi connectivity index (χ4n) is 2.18. The highest BCUT2D eigenvalue weighted by Crippen LogP contribution is 2.29. The predicted octanol–water partition coefficient (Wildman–Crippen LogP) is 4.90. The van der Waals surface area contributed by atoms with Crippen LogP contribution < -0.4 is 0 Å². The molecule has 0 atom stereocenters. The Hall–Kier alpha value is -1.41. The number of ketones is 1. The maximum absolute atomic E-state index is 12.6. The summed E-state index contributed by atoms with van der Waals surface area (Å²) >= 11 is 3.54. The Morgan fingerprint density at radius 1 is 1.00 bits per heavy atom. The summed E-state index contributed by atoms with van der Waals surface area (Å²) in [5.74, 6) is 0.184. The van der Waals surface area contributed by atoms with Crippen LogP contribution in [0.5, 0.6) is 0 Å². The minimum Gasteiger partial charge on any atom is -0.294 e. The Morgan fingerprint density at radius 3 is 2.21 bits per heavy atom. The van der Waals surface area contributed by atoms with Gasteiger partial charge in [0.1, 0.15) is 0 Å². The molecule has 2 aromatic rings. The molecule has 0 fully saturated rings. The third kappa shape index (κ3) is 3.32. The van der Waals surface area contributed by atoms with Crippen molar-refractivity contribution in [3.05, 3.63) is 70.2 Å². The van der Waals surface area contributed by atoms with Gasteiger partial charge in [0.2, 0.25) is 0 Å². The number of rotatable bonds is 4. The van der Waals surface area contributed by atoms with Crippen LogP contribution in [0.4, 0.5) is 0 Å². The second kappa shape index (κ2) is 5.70. The highest BCUT2D eigenvalue weighted by molar-refractivity contribution is 9.10. The van der Waals surface area contributed by atoms with Gasteiger partial charge in [0.25, 0.3) is 0 Å². The first-order valence-corrected chi connectivity index (χ1v) is 7.13. The van der Waals surface area contributed by atoms with Crippen LogP contribution in [-0.4, -0.2) is 5.78 Å². The Labute approximate surface area is 122 Å². The van der Waals surface area contributed by atoms with E-state index in [1.165, 1.54) is 0 Å². The van der Waals surface area contributed by atoms with E-state index < -0.39 is 5.41 Å². The zero-order valence-electron chi connectivity index (χ0n) is 11.2. The molecule has 0 radical (unpaired) electrons. The molecule has 19 heavy (non-hydrogen) atoms. The van der Waals surface area contributed by atoms with Crippen LogP contribution in [0.25, 0.3) is 0 Å². The van der Waals surface area contributed by atoms with E-state index in [0.29, 0.717) is 0 Å². The fraction of sp³-hybridized carbons (Fsp3) is 0.235. The van der Waals surface area contributed by atoms with Crippen molar-refractivity contribution in [3.8, 4) is 0 Å². The van der Waals surface area contributed by atoms with Gasteiger partial charge in [-0.25, -0.2) is 0 Å². The van der Waals surface area contributed by atoms with Crippen LogP contribution in [0, 0.1) is 5.41 Å². The summed E-state index contributed by atoms with van der Waals surface area (Å²) in [6, 6.07) is 17.6. The molecule has 0 aliphatic rings. The lowest BCUT2D eigenvalue weighted by Crippen LogP contribution is -2.27. The molecule has 2 heteroatoms. The molecule has 1 nitrogen and oxygen atoms in total. The highest BCUT2D eigenvalue weighted by atomic mass is 79.9. The van der Waals surface area contributed by atoms with Crippen LogP contribution in [0.2, 0.25) is 0 Å². The third-order valence-corrected chi connectivity index (χ3v) is 4.01. The van der Waals surface area contributed by atoms with Gasteiger partial charge in [0.15, 0.2) is 5.78 Å². The van der Waals surface area contributed by atoms with Gasteiger partial charge in [-0.1, -0.05) is 78.3 Å². The number of hydrogen-bond donors (Lipinski definition) is 0. The van der Waals surface area contributed by atoms with E-state index in [9.17, 15) is 4.79 Å². The topological polar surface area (TPSA) is 17.1 Å². The van der Waals surface area contributed by atoms with Gasteiger partial charge in [0.05, 0.1) is 0 Å². The minimum atomic E-state index is -0.411. The molecule has 0 spiro atoms. The lowest BCUT2D eigenvalue weighted by atomic mass is 9.79. The fourth-order valence-corrected chi connectivity index (χ4v) is 2.60. The summed E-state index contributed by atoms with van der Waals surface area (Å²) in [6.07, 6.45) is 0.724. The quantitative estimate of drug-likeness (QED) is 0.733. The van der Waals surface area contributed by atoms with Gasteiger partial charge in [-0.3, -0.25) is 4.79 Å².